The predicted octanol–water partition coefficient (Wildman–Crippen LogP) is 0.444. The second-order valence-electron chi connectivity index (χ2n) is 1.12. The van der Waals surface area contributed by atoms with E-state index in [1.54, 1.807) is 0 Å². The molecule has 0 aliphatic carbocycles. The fraction of sp³-hybridized carbons (Fsp3) is 0. The molecule has 1 heterocycles. The SMILES string of the molecule is [Se]=c1cccc[se]1. The molecule has 1 aromatic rings. The van der Waals surface area contributed by atoms with Crippen molar-refractivity contribution in [2.24, 2.45) is 0 Å². The van der Waals surface area contributed by atoms with Crippen molar-refractivity contribution >= 4 is 30.1 Å². The standard InChI is InChI=1S/C5H4Se2/c6-5-3-1-2-4-7-5/h1-4H. The Labute approximate surface area is 56.3 Å². The summed E-state index contributed by atoms with van der Waals surface area (Å²) in [5, 5.41) is 0. The Balaban J connectivity index is 3.28. The molecule has 36 valence electrons. The average Bonchev–Trinajstić information content (AvgIpc) is 1.69. The van der Waals surface area contributed by atoms with Crippen molar-refractivity contribution < 1.29 is 0 Å². The fourth-order valence-electron chi connectivity index (χ4n) is 0.325. The molecule has 1 aromatic heterocycles. The van der Waals surface area contributed by atoms with Crippen LogP contribution in [0.5, 0.6) is 0 Å². The second-order valence-corrected chi connectivity index (χ2v) is 5.35. The number of hydrogen-bond acceptors (Lipinski definition) is 0. The summed E-state index contributed by atoms with van der Waals surface area (Å²) < 4.78 is 1.38. The Morgan fingerprint density at radius 1 is 1.43 bits per heavy atom. The summed E-state index contributed by atoms with van der Waals surface area (Å²) in [6, 6.07) is 6.25. The minimum absolute atomic E-state index is 0.606. The van der Waals surface area contributed by atoms with Gasteiger partial charge in [0.15, 0.2) is 0 Å². The summed E-state index contributed by atoms with van der Waals surface area (Å²) in [6.07, 6.45) is 0. The molecule has 2 heteroatoms. The van der Waals surface area contributed by atoms with Gasteiger partial charge >= 0.3 is 56.2 Å². The van der Waals surface area contributed by atoms with Crippen LogP contribution < -0.4 is 0 Å². The molecular formula is C5H4Se2. The van der Waals surface area contributed by atoms with Crippen molar-refractivity contribution in [3.8, 4) is 0 Å². The Hall–Kier alpha value is 0.389. The van der Waals surface area contributed by atoms with E-state index in [9.17, 15) is 0 Å². The van der Waals surface area contributed by atoms with Gasteiger partial charge in [-0.15, -0.1) is 0 Å². The molecular weight excluding hydrogens is 218 g/mol. The molecule has 0 saturated heterocycles. The van der Waals surface area contributed by atoms with Gasteiger partial charge in [0, 0.05) is 0 Å². The van der Waals surface area contributed by atoms with Crippen molar-refractivity contribution in [1.82, 2.24) is 0 Å². The van der Waals surface area contributed by atoms with Crippen molar-refractivity contribution in [2.45, 2.75) is 0 Å². The van der Waals surface area contributed by atoms with Gasteiger partial charge in [-0.25, -0.2) is 0 Å². The summed E-state index contributed by atoms with van der Waals surface area (Å²) in [7, 11) is 0. The molecule has 1 rings (SSSR count). The van der Waals surface area contributed by atoms with Crippen molar-refractivity contribution in [3.63, 3.8) is 0 Å². The van der Waals surface area contributed by atoms with E-state index in [-0.39, 0.29) is 0 Å². The molecule has 0 radical (unpaired) electrons. The van der Waals surface area contributed by atoms with E-state index in [4.69, 9.17) is 0 Å². The predicted molar refractivity (Wildman–Crippen MR) is 32.4 cm³/mol. The summed E-state index contributed by atoms with van der Waals surface area (Å²) in [4.78, 5) is 2.19. The van der Waals surface area contributed by atoms with Crippen LogP contribution in [0.15, 0.2) is 23.1 Å². The zero-order chi connectivity index (χ0) is 5.11. The van der Waals surface area contributed by atoms with Crippen LogP contribution >= 0.6 is 0 Å². The van der Waals surface area contributed by atoms with Crippen molar-refractivity contribution in [2.75, 3.05) is 0 Å². The van der Waals surface area contributed by atoms with Gasteiger partial charge < -0.3 is 0 Å². The van der Waals surface area contributed by atoms with Crippen LogP contribution in [-0.2, 0) is 0 Å². The molecule has 0 aliphatic heterocycles. The normalized spacial score (nSPS) is 8.57. The maximum atomic E-state index is 2.99. The van der Waals surface area contributed by atoms with Gasteiger partial charge in [0.1, 0.15) is 0 Å². The first-order valence-corrected chi connectivity index (χ1v) is 4.63. The zero-order valence-electron chi connectivity index (χ0n) is 3.63. The van der Waals surface area contributed by atoms with Crippen molar-refractivity contribution in [3.05, 3.63) is 26.1 Å². The van der Waals surface area contributed by atoms with Gasteiger partial charge in [-0.3, -0.25) is 0 Å². The molecule has 0 unspecified atom stereocenters. The third-order valence-corrected chi connectivity index (χ3v) is 3.33. The van der Waals surface area contributed by atoms with Gasteiger partial charge in [0.05, 0.1) is 0 Å². The van der Waals surface area contributed by atoms with Gasteiger partial charge in [0.2, 0.25) is 0 Å². The summed E-state index contributed by atoms with van der Waals surface area (Å²) in [6.45, 7) is 0. The first-order valence-electron chi connectivity index (χ1n) is 1.93. The molecule has 0 nitrogen and oxygen atoms in total. The van der Waals surface area contributed by atoms with Gasteiger partial charge in [-0.2, -0.15) is 0 Å². The second kappa shape index (κ2) is 2.64. The molecule has 7 heavy (non-hydrogen) atoms. The fourth-order valence-corrected chi connectivity index (χ4v) is 2.06. The summed E-state index contributed by atoms with van der Waals surface area (Å²) in [5.74, 6) is 0. The van der Waals surface area contributed by atoms with E-state index in [0.717, 1.165) is 0 Å². The summed E-state index contributed by atoms with van der Waals surface area (Å²) >= 11 is 3.59. The zero-order valence-corrected chi connectivity index (χ0v) is 7.05. The van der Waals surface area contributed by atoms with E-state index in [1.807, 2.05) is 0 Å². The van der Waals surface area contributed by atoms with Crippen LogP contribution in [0, 0.1) is 2.94 Å². The molecule has 0 bridgehead atoms. The average molecular weight is 222 g/mol. The van der Waals surface area contributed by atoms with Gasteiger partial charge in [-0.1, -0.05) is 0 Å². The topological polar surface area (TPSA) is 0 Å². The first kappa shape index (κ1) is 5.52. The van der Waals surface area contributed by atoms with E-state index >= 15 is 0 Å². The number of rotatable bonds is 0. The van der Waals surface area contributed by atoms with Gasteiger partial charge in [-0.05, 0) is 0 Å². The van der Waals surface area contributed by atoms with Crippen LogP contribution in [0.2, 0.25) is 0 Å². The van der Waals surface area contributed by atoms with E-state index in [2.05, 4.69) is 38.7 Å². The third-order valence-electron chi connectivity index (χ3n) is 0.606. The number of hydrogen-bond donors (Lipinski definition) is 0. The van der Waals surface area contributed by atoms with E-state index in [1.165, 1.54) is 2.94 Å². The van der Waals surface area contributed by atoms with E-state index in [0.29, 0.717) is 14.5 Å². The molecule has 0 atom stereocenters. The molecule has 0 fully saturated rings. The molecule has 0 spiro atoms. The van der Waals surface area contributed by atoms with E-state index < -0.39 is 0 Å². The van der Waals surface area contributed by atoms with Crippen LogP contribution in [0.4, 0.5) is 0 Å². The Kier molecular flexibility index (Phi) is 2.08. The molecule has 0 aliphatic rings. The monoisotopic (exact) mass is 224 g/mol. The van der Waals surface area contributed by atoms with Crippen molar-refractivity contribution in [1.29, 1.82) is 0 Å². The maximum absolute atomic E-state index is 2.99. The Bertz CT molecular complexity index is 172. The quantitative estimate of drug-likeness (QED) is 0.559. The molecule has 0 aromatic carbocycles. The third kappa shape index (κ3) is 1.75. The van der Waals surface area contributed by atoms with Crippen LogP contribution in [0.3, 0.4) is 0 Å². The van der Waals surface area contributed by atoms with Gasteiger partial charge in [0.25, 0.3) is 0 Å². The van der Waals surface area contributed by atoms with Crippen LogP contribution in [-0.4, -0.2) is 30.1 Å². The molecule has 0 N–H and O–H groups in total. The summed E-state index contributed by atoms with van der Waals surface area (Å²) in [5.41, 5.74) is 0. The Morgan fingerprint density at radius 2 is 2.29 bits per heavy atom. The Morgan fingerprint density at radius 3 is 2.57 bits per heavy atom. The minimum atomic E-state index is 0.606. The molecule has 0 amide bonds. The van der Waals surface area contributed by atoms with Crippen LogP contribution in [0.1, 0.15) is 0 Å². The molecule has 0 saturated carbocycles. The first-order chi connectivity index (χ1) is 3.39. The van der Waals surface area contributed by atoms with Crippen LogP contribution in [0.25, 0.3) is 0 Å².